The van der Waals surface area contributed by atoms with Gasteiger partial charge in [-0.1, -0.05) is 66.7 Å². The lowest BCUT2D eigenvalue weighted by Crippen LogP contribution is -2.10. The van der Waals surface area contributed by atoms with E-state index in [-0.39, 0.29) is 5.41 Å². The van der Waals surface area contributed by atoms with Crippen molar-refractivity contribution in [2.45, 2.75) is 49.0 Å². The van der Waals surface area contributed by atoms with Crippen LogP contribution in [0.3, 0.4) is 0 Å². The maximum Gasteiger partial charge on any atom is 0.0772 e. The number of benzene rings is 2. The van der Waals surface area contributed by atoms with Crippen molar-refractivity contribution in [3.8, 4) is 0 Å². The largest absolute Gasteiger partial charge is 0.389 e. The van der Waals surface area contributed by atoms with E-state index in [0.29, 0.717) is 0 Å². The average Bonchev–Trinajstić information content (AvgIpc) is 2.38. The van der Waals surface area contributed by atoms with Gasteiger partial charge in [-0.2, -0.15) is 0 Å². The molecule has 1 nitrogen and oxygen atoms in total. The highest BCUT2D eigenvalue weighted by Gasteiger charge is 2.13. The molecular formula is C18H21BrOS. The average molecular weight is 365 g/mol. The normalized spacial score (nSPS) is 13.2. The molecule has 2 rings (SSSR count). The van der Waals surface area contributed by atoms with Gasteiger partial charge in [-0.05, 0) is 47.7 Å². The molecule has 0 bridgehead atoms. The molecule has 0 aliphatic carbocycles. The lowest BCUT2D eigenvalue weighted by Gasteiger charge is -2.19. The molecule has 0 unspecified atom stereocenters. The van der Waals surface area contributed by atoms with Crippen LogP contribution in [0.4, 0.5) is 0 Å². The van der Waals surface area contributed by atoms with Crippen LogP contribution in [0.5, 0.6) is 0 Å². The highest BCUT2D eigenvalue weighted by Crippen LogP contribution is 2.34. The van der Waals surface area contributed by atoms with Crippen molar-refractivity contribution in [3.05, 3.63) is 58.1 Å². The fourth-order valence-electron chi connectivity index (χ4n) is 2.07. The van der Waals surface area contributed by atoms with Crippen LogP contribution >= 0.6 is 27.7 Å². The van der Waals surface area contributed by atoms with E-state index < -0.39 is 6.10 Å². The Morgan fingerprint density at radius 1 is 1.00 bits per heavy atom. The molecule has 112 valence electrons. The van der Waals surface area contributed by atoms with Gasteiger partial charge in [-0.25, -0.2) is 0 Å². The molecule has 0 aromatic heterocycles. The van der Waals surface area contributed by atoms with Gasteiger partial charge < -0.3 is 5.11 Å². The van der Waals surface area contributed by atoms with Crippen LogP contribution in [-0.2, 0) is 5.41 Å². The number of aliphatic hydroxyl groups excluding tert-OH is 1. The molecular weight excluding hydrogens is 344 g/mol. The molecule has 0 amide bonds. The van der Waals surface area contributed by atoms with E-state index in [4.69, 9.17) is 0 Å². The zero-order chi connectivity index (χ0) is 15.6. The minimum absolute atomic E-state index is 0.186. The van der Waals surface area contributed by atoms with Gasteiger partial charge in [0.25, 0.3) is 0 Å². The third-order valence-electron chi connectivity index (χ3n) is 3.38. The first kappa shape index (κ1) is 16.6. The molecule has 1 N–H and O–H groups in total. The van der Waals surface area contributed by atoms with Crippen molar-refractivity contribution in [1.82, 2.24) is 0 Å². The Kier molecular flexibility index (Phi) is 5.18. The first-order valence-electron chi connectivity index (χ1n) is 7.03. The van der Waals surface area contributed by atoms with Crippen molar-refractivity contribution in [1.29, 1.82) is 0 Å². The molecule has 0 aliphatic heterocycles. The molecule has 3 heteroatoms. The molecule has 0 radical (unpaired) electrons. The van der Waals surface area contributed by atoms with Gasteiger partial charge in [-0.15, -0.1) is 0 Å². The van der Waals surface area contributed by atoms with Crippen molar-refractivity contribution in [2.24, 2.45) is 0 Å². The number of hydrogen-bond donors (Lipinski definition) is 1. The van der Waals surface area contributed by atoms with Crippen LogP contribution in [0, 0.1) is 0 Å². The number of rotatable bonds is 3. The van der Waals surface area contributed by atoms with Gasteiger partial charge in [0.15, 0.2) is 0 Å². The van der Waals surface area contributed by atoms with Crippen LogP contribution in [0.15, 0.2) is 56.7 Å². The van der Waals surface area contributed by atoms with Gasteiger partial charge >= 0.3 is 0 Å². The summed E-state index contributed by atoms with van der Waals surface area (Å²) >= 11 is 5.26. The van der Waals surface area contributed by atoms with Crippen molar-refractivity contribution in [2.75, 3.05) is 0 Å². The second-order valence-electron chi connectivity index (χ2n) is 6.24. The Morgan fingerprint density at radius 2 is 1.57 bits per heavy atom. The molecule has 0 fully saturated rings. The van der Waals surface area contributed by atoms with Crippen LogP contribution in [0.2, 0.25) is 0 Å². The van der Waals surface area contributed by atoms with E-state index in [9.17, 15) is 5.11 Å². The van der Waals surface area contributed by atoms with E-state index >= 15 is 0 Å². The fraction of sp³-hybridized carbons (Fsp3) is 0.333. The summed E-state index contributed by atoms with van der Waals surface area (Å²) in [5.41, 5.74) is 2.45. The van der Waals surface area contributed by atoms with E-state index in [1.165, 1.54) is 10.5 Å². The van der Waals surface area contributed by atoms with Gasteiger partial charge in [0.2, 0.25) is 0 Å². The maximum atomic E-state index is 9.66. The lowest BCUT2D eigenvalue weighted by atomic mass is 9.87. The zero-order valence-electron chi connectivity index (χ0n) is 12.9. The smallest absolute Gasteiger partial charge is 0.0772 e. The molecule has 0 heterocycles. The minimum atomic E-state index is -0.454. The standard InChI is InChI=1S/C18H21BrOS/c1-12(20)16-10-9-15(11-17(16)19)21-14-7-5-13(6-8-14)18(2,3)4/h5-12,20H,1-4H3/t12-/m0/s1. The zero-order valence-corrected chi connectivity index (χ0v) is 15.3. The summed E-state index contributed by atoms with van der Waals surface area (Å²) in [4.78, 5) is 2.38. The highest BCUT2D eigenvalue weighted by atomic mass is 79.9. The molecule has 2 aromatic carbocycles. The van der Waals surface area contributed by atoms with Crippen LogP contribution in [-0.4, -0.2) is 5.11 Å². The third-order valence-corrected chi connectivity index (χ3v) is 5.06. The summed E-state index contributed by atoms with van der Waals surface area (Å²) in [6.07, 6.45) is -0.454. The summed E-state index contributed by atoms with van der Waals surface area (Å²) in [6.45, 7) is 8.45. The monoisotopic (exact) mass is 364 g/mol. The van der Waals surface area contributed by atoms with E-state index in [1.807, 2.05) is 6.07 Å². The highest BCUT2D eigenvalue weighted by molar-refractivity contribution is 9.10. The molecule has 0 saturated carbocycles. The molecule has 0 spiro atoms. The molecule has 0 aliphatic rings. The van der Waals surface area contributed by atoms with E-state index in [1.54, 1.807) is 18.7 Å². The first-order chi connectivity index (χ1) is 9.77. The Hall–Kier alpha value is -0.770. The summed E-state index contributed by atoms with van der Waals surface area (Å²) < 4.78 is 0.953. The topological polar surface area (TPSA) is 20.2 Å². The molecule has 1 atom stereocenters. The maximum absolute atomic E-state index is 9.66. The van der Waals surface area contributed by atoms with E-state index in [0.717, 1.165) is 14.9 Å². The van der Waals surface area contributed by atoms with Crippen LogP contribution in [0.1, 0.15) is 44.9 Å². The van der Waals surface area contributed by atoms with Gasteiger partial charge in [0, 0.05) is 14.3 Å². The lowest BCUT2D eigenvalue weighted by molar-refractivity contribution is 0.198. The Labute approximate surface area is 139 Å². The van der Waals surface area contributed by atoms with Gasteiger partial charge in [0.05, 0.1) is 6.10 Å². The minimum Gasteiger partial charge on any atom is -0.389 e. The summed E-state index contributed by atoms with van der Waals surface area (Å²) in [5.74, 6) is 0. The number of hydrogen-bond acceptors (Lipinski definition) is 2. The molecule has 2 aromatic rings. The second kappa shape index (κ2) is 6.55. The Balaban J connectivity index is 2.17. The SMILES string of the molecule is C[C@H](O)c1ccc(Sc2ccc(C(C)(C)C)cc2)cc1Br. The van der Waals surface area contributed by atoms with Crippen LogP contribution < -0.4 is 0 Å². The summed E-state index contributed by atoms with van der Waals surface area (Å²) in [5, 5.41) is 9.66. The van der Waals surface area contributed by atoms with Gasteiger partial charge in [0.1, 0.15) is 0 Å². The molecule has 21 heavy (non-hydrogen) atoms. The number of aliphatic hydroxyl groups is 1. The first-order valence-corrected chi connectivity index (χ1v) is 8.64. The Morgan fingerprint density at radius 3 is 2.05 bits per heavy atom. The summed E-state index contributed by atoms with van der Waals surface area (Å²) in [7, 11) is 0. The Bertz CT molecular complexity index is 612. The quantitative estimate of drug-likeness (QED) is 0.725. The predicted molar refractivity (Wildman–Crippen MR) is 94.0 cm³/mol. The molecule has 0 saturated heterocycles. The van der Waals surface area contributed by atoms with Gasteiger partial charge in [-0.3, -0.25) is 0 Å². The second-order valence-corrected chi connectivity index (χ2v) is 8.24. The fourth-order valence-corrected chi connectivity index (χ4v) is 3.79. The number of halogens is 1. The van der Waals surface area contributed by atoms with Crippen molar-refractivity contribution in [3.63, 3.8) is 0 Å². The van der Waals surface area contributed by atoms with Crippen molar-refractivity contribution < 1.29 is 5.11 Å². The summed E-state index contributed by atoms with van der Waals surface area (Å²) in [6, 6.07) is 14.8. The van der Waals surface area contributed by atoms with E-state index in [2.05, 4.69) is 73.1 Å². The third kappa shape index (κ3) is 4.35. The van der Waals surface area contributed by atoms with Crippen LogP contribution in [0.25, 0.3) is 0 Å². The predicted octanol–water partition coefficient (Wildman–Crippen LogP) is 5.95. The van der Waals surface area contributed by atoms with Crippen molar-refractivity contribution >= 4 is 27.7 Å².